The quantitative estimate of drug-likeness (QED) is 0.452. The van der Waals surface area contributed by atoms with Crippen LogP contribution in [0.1, 0.15) is 18.9 Å². The summed E-state index contributed by atoms with van der Waals surface area (Å²) in [7, 11) is 2.05. The van der Waals surface area contributed by atoms with Crippen LogP contribution in [0.5, 0.6) is 0 Å². The fourth-order valence-electron chi connectivity index (χ4n) is 2.43. The van der Waals surface area contributed by atoms with Gasteiger partial charge in [0.2, 0.25) is 0 Å². The van der Waals surface area contributed by atoms with E-state index in [1.54, 1.807) is 12.1 Å². The smallest absolute Gasteiger partial charge is 0.193 e. The molecule has 1 saturated heterocycles. The maximum Gasteiger partial charge on any atom is 0.193 e. The Kier molecular flexibility index (Phi) is 8.70. The van der Waals surface area contributed by atoms with E-state index in [1.165, 1.54) is 12.1 Å². The number of guanidine groups is 1. The van der Waals surface area contributed by atoms with Crippen LogP contribution in [0, 0.1) is 11.7 Å². The molecule has 1 N–H and O–H groups in total. The molecule has 0 bridgehead atoms. The summed E-state index contributed by atoms with van der Waals surface area (Å²) < 4.78 is 18.3. The molecule has 1 heterocycles. The van der Waals surface area contributed by atoms with Gasteiger partial charge in [-0.25, -0.2) is 9.38 Å². The van der Waals surface area contributed by atoms with Gasteiger partial charge in [0.25, 0.3) is 0 Å². The molecular weight excluding hydrogens is 396 g/mol. The third-order valence-electron chi connectivity index (χ3n) is 3.58. The molecule has 0 amide bonds. The molecule has 0 saturated carbocycles. The van der Waals surface area contributed by atoms with Crippen LogP contribution in [0.15, 0.2) is 29.3 Å². The van der Waals surface area contributed by atoms with Gasteiger partial charge in [0.15, 0.2) is 5.96 Å². The Balaban J connectivity index is 0.00000242. The van der Waals surface area contributed by atoms with Crippen molar-refractivity contribution < 1.29 is 9.13 Å². The van der Waals surface area contributed by atoms with Crippen molar-refractivity contribution in [2.45, 2.75) is 19.9 Å². The van der Waals surface area contributed by atoms with Gasteiger partial charge in [-0.05, 0) is 31.0 Å². The summed E-state index contributed by atoms with van der Waals surface area (Å²) in [4.78, 5) is 6.77. The SMILES string of the molecule is CCNC(=NCc1ccc(F)cc1)N(C)CC1CCOC1.I. The van der Waals surface area contributed by atoms with Crippen LogP contribution in [-0.4, -0.2) is 44.2 Å². The zero-order valence-corrected chi connectivity index (χ0v) is 15.5. The number of halogens is 2. The molecule has 0 spiro atoms. The van der Waals surface area contributed by atoms with Crippen LogP contribution in [0.4, 0.5) is 4.39 Å². The van der Waals surface area contributed by atoms with Gasteiger partial charge in [-0.3, -0.25) is 0 Å². The van der Waals surface area contributed by atoms with Crippen LogP contribution >= 0.6 is 24.0 Å². The highest BCUT2D eigenvalue weighted by molar-refractivity contribution is 14.0. The standard InChI is InChI=1S/C16H24FN3O.HI/c1-3-18-16(20(2)11-14-8-9-21-12-14)19-10-13-4-6-15(17)7-5-13;/h4-7,14H,3,8-12H2,1-2H3,(H,18,19);1H. The number of ether oxygens (including phenoxy) is 1. The fourth-order valence-corrected chi connectivity index (χ4v) is 2.43. The molecule has 1 atom stereocenters. The second-order valence-corrected chi connectivity index (χ2v) is 5.41. The van der Waals surface area contributed by atoms with Gasteiger partial charge < -0.3 is 15.0 Å². The lowest BCUT2D eigenvalue weighted by Crippen LogP contribution is -2.41. The molecule has 0 aliphatic carbocycles. The predicted octanol–water partition coefficient (Wildman–Crippen LogP) is 2.88. The van der Waals surface area contributed by atoms with Gasteiger partial charge in [-0.2, -0.15) is 0 Å². The number of nitrogens with one attached hydrogen (secondary N) is 1. The van der Waals surface area contributed by atoms with E-state index in [0.29, 0.717) is 12.5 Å². The van der Waals surface area contributed by atoms with Gasteiger partial charge in [-0.15, -0.1) is 24.0 Å². The zero-order valence-electron chi connectivity index (χ0n) is 13.2. The molecule has 0 aromatic heterocycles. The van der Waals surface area contributed by atoms with Crippen molar-refractivity contribution in [3.05, 3.63) is 35.6 Å². The molecule has 4 nitrogen and oxygen atoms in total. The van der Waals surface area contributed by atoms with Crippen molar-refractivity contribution in [1.29, 1.82) is 0 Å². The monoisotopic (exact) mass is 421 g/mol. The topological polar surface area (TPSA) is 36.9 Å². The molecule has 1 aliphatic heterocycles. The average Bonchev–Trinajstić information content (AvgIpc) is 2.98. The Morgan fingerprint density at radius 2 is 2.14 bits per heavy atom. The van der Waals surface area contributed by atoms with Crippen LogP contribution in [0.2, 0.25) is 0 Å². The highest BCUT2D eigenvalue weighted by Crippen LogP contribution is 2.13. The highest BCUT2D eigenvalue weighted by Gasteiger charge is 2.18. The third kappa shape index (κ3) is 6.08. The van der Waals surface area contributed by atoms with Crippen molar-refractivity contribution in [3.63, 3.8) is 0 Å². The Labute approximate surface area is 149 Å². The van der Waals surface area contributed by atoms with Gasteiger partial charge in [0.05, 0.1) is 13.2 Å². The van der Waals surface area contributed by atoms with Crippen molar-refractivity contribution in [3.8, 4) is 0 Å². The summed E-state index contributed by atoms with van der Waals surface area (Å²) >= 11 is 0. The molecule has 124 valence electrons. The summed E-state index contributed by atoms with van der Waals surface area (Å²) in [6.07, 6.45) is 1.11. The Bertz CT molecular complexity index is 461. The number of rotatable bonds is 5. The Morgan fingerprint density at radius 1 is 1.41 bits per heavy atom. The van der Waals surface area contributed by atoms with Crippen LogP contribution in [0.3, 0.4) is 0 Å². The lowest BCUT2D eigenvalue weighted by atomic mass is 10.1. The number of benzene rings is 1. The minimum absolute atomic E-state index is 0. The van der Waals surface area contributed by atoms with Gasteiger partial charge >= 0.3 is 0 Å². The van der Waals surface area contributed by atoms with E-state index in [2.05, 4.69) is 22.1 Å². The molecule has 1 fully saturated rings. The van der Waals surface area contributed by atoms with Crippen molar-refractivity contribution in [1.82, 2.24) is 10.2 Å². The normalized spacial score (nSPS) is 18.0. The van der Waals surface area contributed by atoms with Gasteiger partial charge in [0.1, 0.15) is 5.82 Å². The number of hydrogen-bond donors (Lipinski definition) is 1. The van der Waals surface area contributed by atoms with Crippen molar-refractivity contribution >= 4 is 29.9 Å². The molecule has 1 aromatic carbocycles. The molecule has 1 unspecified atom stereocenters. The first-order valence-corrected chi connectivity index (χ1v) is 7.50. The molecule has 6 heteroatoms. The molecule has 22 heavy (non-hydrogen) atoms. The van der Waals surface area contributed by atoms with Crippen LogP contribution in [-0.2, 0) is 11.3 Å². The Hall–Kier alpha value is -0.890. The van der Waals surface area contributed by atoms with Crippen molar-refractivity contribution in [2.75, 3.05) is 33.4 Å². The molecule has 2 rings (SSSR count). The summed E-state index contributed by atoms with van der Waals surface area (Å²) in [5.74, 6) is 1.24. The largest absolute Gasteiger partial charge is 0.381 e. The lowest BCUT2D eigenvalue weighted by Gasteiger charge is -2.24. The van der Waals surface area contributed by atoms with Crippen LogP contribution in [0.25, 0.3) is 0 Å². The molecular formula is C16H25FIN3O. The second-order valence-electron chi connectivity index (χ2n) is 5.41. The van der Waals surface area contributed by atoms with Crippen LogP contribution < -0.4 is 5.32 Å². The van der Waals surface area contributed by atoms with Gasteiger partial charge in [0, 0.05) is 32.7 Å². The Morgan fingerprint density at radius 3 is 2.73 bits per heavy atom. The first kappa shape index (κ1) is 19.2. The first-order valence-electron chi connectivity index (χ1n) is 7.50. The van der Waals surface area contributed by atoms with E-state index in [4.69, 9.17) is 4.74 Å². The van der Waals surface area contributed by atoms with E-state index in [-0.39, 0.29) is 29.8 Å². The van der Waals surface area contributed by atoms with Crippen molar-refractivity contribution in [2.24, 2.45) is 10.9 Å². The van der Waals surface area contributed by atoms with E-state index in [0.717, 1.165) is 44.2 Å². The number of aliphatic imine (C=N–C) groups is 1. The highest BCUT2D eigenvalue weighted by atomic mass is 127. The lowest BCUT2D eigenvalue weighted by molar-refractivity contribution is 0.181. The van der Waals surface area contributed by atoms with E-state index in [9.17, 15) is 4.39 Å². The summed E-state index contributed by atoms with van der Waals surface area (Å²) in [6.45, 7) is 6.07. The van der Waals surface area contributed by atoms with Gasteiger partial charge in [-0.1, -0.05) is 12.1 Å². The fraction of sp³-hybridized carbons (Fsp3) is 0.562. The molecule has 0 radical (unpaired) electrons. The second kappa shape index (κ2) is 9.99. The predicted molar refractivity (Wildman–Crippen MR) is 98.2 cm³/mol. The molecule has 1 aromatic rings. The minimum atomic E-state index is -0.215. The zero-order chi connectivity index (χ0) is 15.1. The van der Waals surface area contributed by atoms with E-state index < -0.39 is 0 Å². The third-order valence-corrected chi connectivity index (χ3v) is 3.58. The maximum absolute atomic E-state index is 12.9. The number of nitrogens with zero attached hydrogens (tertiary/aromatic N) is 2. The first-order chi connectivity index (χ1) is 10.2. The van der Waals surface area contributed by atoms with E-state index in [1.807, 2.05) is 7.05 Å². The maximum atomic E-state index is 12.9. The van der Waals surface area contributed by atoms with E-state index >= 15 is 0 Å². The minimum Gasteiger partial charge on any atom is -0.381 e. The summed E-state index contributed by atoms with van der Waals surface area (Å²) in [5, 5.41) is 3.30. The summed E-state index contributed by atoms with van der Waals surface area (Å²) in [6, 6.07) is 6.48. The average molecular weight is 421 g/mol. The number of hydrogen-bond acceptors (Lipinski definition) is 2. The molecule has 1 aliphatic rings. The summed E-state index contributed by atoms with van der Waals surface area (Å²) in [5.41, 5.74) is 1.00.